The van der Waals surface area contributed by atoms with Gasteiger partial charge in [-0.25, -0.2) is 0 Å². The van der Waals surface area contributed by atoms with Gasteiger partial charge in [-0.15, -0.1) is 0 Å². The number of hydrogen-bond donors (Lipinski definition) is 0. The highest BCUT2D eigenvalue weighted by atomic mass is 15.1. The highest BCUT2D eigenvalue weighted by Crippen LogP contribution is 2.20. The van der Waals surface area contributed by atoms with Crippen molar-refractivity contribution in [2.45, 2.75) is 58.9 Å². The van der Waals surface area contributed by atoms with Gasteiger partial charge in [0.2, 0.25) is 0 Å². The van der Waals surface area contributed by atoms with Crippen molar-refractivity contribution in [3.8, 4) is 0 Å². The van der Waals surface area contributed by atoms with Gasteiger partial charge >= 0.3 is 0 Å². The molecule has 0 aliphatic carbocycles. The zero-order valence-electron chi connectivity index (χ0n) is 10.00. The molecular weight excluding hydrogens is 170 g/mol. The second-order valence-electron chi connectivity index (χ2n) is 4.59. The Balaban J connectivity index is 2.05. The third-order valence-corrected chi connectivity index (χ3v) is 3.39. The Morgan fingerprint density at radius 3 is 2.36 bits per heavy atom. The Bertz CT molecular complexity index is 174. The minimum absolute atomic E-state index is 0.723. The topological polar surface area (TPSA) is 3.24 Å². The summed E-state index contributed by atoms with van der Waals surface area (Å²) in [6, 6.07) is 0.723. The van der Waals surface area contributed by atoms with Crippen LogP contribution in [0.3, 0.4) is 0 Å². The molecule has 1 aliphatic rings. The molecule has 1 aliphatic heterocycles. The van der Waals surface area contributed by atoms with Gasteiger partial charge < -0.3 is 4.90 Å². The summed E-state index contributed by atoms with van der Waals surface area (Å²) in [7, 11) is 0. The first-order valence-electron chi connectivity index (χ1n) is 6.19. The molecule has 0 aromatic carbocycles. The third-order valence-electron chi connectivity index (χ3n) is 3.39. The molecule has 1 nitrogen and oxygen atoms in total. The van der Waals surface area contributed by atoms with Crippen LogP contribution in [0.4, 0.5) is 0 Å². The van der Waals surface area contributed by atoms with Gasteiger partial charge in [0.1, 0.15) is 0 Å². The zero-order chi connectivity index (χ0) is 10.4. The van der Waals surface area contributed by atoms with Gasteiger partial charge in [0.15, 0.2) is 0 Å². The fourth-order valence-corrected chi connectivity index (χ4v) is 2.02. The molecule has 0 fully saturated rings. The molecule has 0 unspecified atom stereocenters. The summed E-state index contributed by atoms with van der Waals surface area (Å²) in [4.78, 5) is 2.50. The van der Waals surface area contributed by atoms with E-state index in [9.17, 15) is 0 Å². The van der Waals surface area contributed by atoms with E-state index in [-0.39, 0.29) is 0 Å². The first kappa shape index (κ1) is 11.6. The molecule has 0 aromatic rings. The summed E-state index contributed by atoms with van der Waals surface area (Å²) >= 11 is 0. The lowest BCUT2D eigenvalue weighted by Gasteiger charge is -2.24. The van der Waals surface area contributed by atoms with Crippen molar-refractivity contribution in [1.29, 1.82) is 0 Å². The molecule has 0 N–H and O–H groups in total. The summed E-state index contributed by atoms with van der Waals surface area (Å²) in [5.41, 5.74) is 0. The van der Waals surface area contributed by atoms with Crippen molar-refractivity contribution in [2.75, 3.05) is 6.54 Å². The summed E-state index contributed by atoms with van der Waals surface area (Å²) in [6.07, 6.45) is 11.5. The lowest BCUT2D eigenvalue weighted by molar-refractivity contribution is 0.275. The van der Waals surface area contributed by atoms with Gasteiger partial charge in [0, 0.05) is 12.6 Å². The molecule has 0 spiro atoms. The molecule has 0 saturated heterocycles. The van der Waals surface area contributed by atoms with E-state index in [0.717, 1.165) is 12.0 Å². The molecular formula is C13H25N. The standard InChI is InChI=1S/C13H25N/c1-4-5-6-7-8-10-14-11-9-12(2)13(14)3/h9,11-13H,4-8,10H2,1-3H3/t12-,13+/m0/s1. The predicted octanol–water partition coefficient (Wildman–Crippen LogP) is 3.81. The molecule has 0 bridgehead atoms. The van der Waals surface area contributed by atoms with Gasteiger partial charge in [-0.3, -0.25) is 0 Å². The predicted molar refractivity (Wildman–Crippen MR) is 63.2 cm³/mol. The highest BCUT2D eigenvalue weighted by Gasteiger charge is 2.20. The van der Waals surface area contributed by atoms with Crippen LogP contribution >= 0.6 is 0 Å². The summed E-state index contributed by atoms with van der Waals surface area (Å²) in [5.74, 6) is 0.741. The van der Waals surface area contributed by atoms with Crippen molar-refractivity contribution in [2.24, 2.45) is 5.92 Å². The molecule has 2 atom stereocenters. The fraction of sp³-hybridized carbons (Fsp3) is 0.846. The van der Waals surface area contributed by atoms with Gasteiger partial charge in [0.05, 0.1) is 0 Å². The Hall–Kier alpha value is -0.460. The third kappa shape index (κ3) is 3.36. The second-order valence-corrected chi connectivity index (χ2v) is 4.59. The fourth-order valence-electron chi connectivity index (χ4n) is 2.02. The van der Waals surface area contributed by atoms with Crippen molar-refractivity contribution in [3.63, 3.8) is 0 Å². The minimum Gasteiger partial charge on any atom is -0.374 e. The molecule has 0 amide bonds. The average Bonchev–Trinajstić information content (AvgIpc) is 2.49. The number of unbranched alkanes of at least 4 members (excludes halogenated alkanes) is 4. The van der Waals surface area contributed by atoms with E-state index in [1.54, 1.807) is 0 Å². The molecule has 1 rings (SSSR count). The second kappa shape index (κ2) is 6.10. The minimum atomic E-state index is 0.723. The monoisotopic (exact) mass is 195 g/mol. The van der Waals surface area contributed by atoms with Crippen LogP contribution in [0.2, 0.25) is 0 Å². The quantitative estimate of drug-likeness (QED) is 0.583. The molecule has 0 aromatic heterocycles. The van der Waals surface area contributed by atoms with Gasteiger partial charge in [-0.2, -0.15) is 0 Å². The Morgan fingerprint density at radius 2 is 1.79 bits per heavy atom. The maximum absolute atomic E-state index is 2.50. The van der Waals surface area contributed by atoms with Crippen LogP contribution in [0.25, 0.3) is 0 Å². The Kier molecular flexibility index (Phi) is 5.06. The van der Waals surface area contributed by atoms with Crippen LogP contribution in [-0.4, -0.2) is 17.5 Å². The van der Waals surface area contributed by atoms with E-state index in [4.69, 9.17) is 0 Å². The van der Waals surface area contributed by atoms with Crippen molar-refractivity contribution in [3.05, 3.63) is 12.3 Å². The molecule has 0 radical (unpaired) electrons. The van der Waals surface area contributed by atoms with Crippen molar-refractivity contribution < 1.29 is 0 Å². The normalized spacial score (nSPS) is 26.1. The number of rotatable bonds is 6. The maximum atomic E-state index is 2.50. The van der Waals surface area contributed by atoms with E-state index in [1.807, 2.05) is 0 Å². The highest BCUT2D eigenvalue weighted by molar-refractivity contribution is 5.00. The smallest absolute Gasteiger partial charge is 0.0316 e. The van der Waals surface area contributed by atoms with Crippen LogP contribution in [-0.2, 0) is 0 Å². The van der Waals surface area contributed by atoms with Crippen LogP contribution in [0.5, 0.6) is 0 Å². The van der Waals surface area contributed by atoms with E-state index >= 15 is 0 Å². The Labute approximate surface area is 89.2 Å². The summed E-state index contributed by atoms with van der Waals surface area (Å²) in [5, 5.41) is 0. The van der Waals surface area contributed by atoms with Gasteiger partial charge in [-0.1, -0.05) is 45.6 Å². The molecule has 82 valence electrons. The van der Waals surface area contributed by atoms with Crippen molar-refractivity contribution in [1.82, 2.24) is 4.90 Å². The van der Waals surface area contributed by atoms with E-state index in [1.165, 1.54) is 38.6 Å². The van der Waals surface area contributed by atoms with Crippen molar-refractivity contribution >= 4 is 0 Å². The lowest BCUT2D eigenvalue weighted by Crippen LogP contribution is -2.28. The van der Waals surface area contributed by atoms with Crippen LogP contribution in [0.15, 0.2) is 12.3 Å². The maximum Gasteiger partial charge on any atom is 0.0316 e. The molecule has 14 heavy (non-hydrogen) atoms. The van der Waals surface area contributed by atoms with Gasteiger partial charge in [-0.05, 0) is 25.5 Å². The first-order chi connectivity index (χ1) is 6.75. The summed E-state index contributed by atoms with van der Waals surface area (Å²) in [6.45, 7) is 8.16. The molecule has 0 saturated carbocycles. The van der Waals surface area contributed by atoms with E-state index in [2.05, 4.69) is 37.9 Å². The summed E-state index contributed by atoms with van der Waals surface area (Å²) < 4.78 is 0. The van der Waals surface area contributed by atoms with Crippen LogP contribution < -0.4 is 0 Å². The van der Waals surface area contributed by atoms with Crippen LogP contribution in [0, 0.1) is 5.92 Å². The molecule has 1 heterocycles. The van der Waals surface area contributed by atoms with Gasteiger partial charge in [0.25, 0.3) is 0 Å². The van der Waals surface area contributed by atoms with E-state index < -0.39 is 0 Å². The molecule has 1 heteroatoms. The lowest BCUT2D eigenvalue weighted by atomic mass is 10.1. The first-order valence-corrected chi connectivity index (χ1v) is 6.19. The van der Waals surface area contributed by atoms with Crippen LogP contribution in [0.1, 0.15) is 52.9 Å². The largest absolute Gasteiger partial charge is 0.374 e. The number of hydrogen-bond acceptors (Lipinski definition) is 1. The zero-order valence-corrected chi connectivity index (χ0v) is 10.00. The average molecular weight is 195 g/mol. The van der Waals surface area contributed by atoms with E-state index in [0.29, 0.717) is 0 Å². The number of nitrogens with zero attached hydrogens (tertiary/aromatic N) is 1. The SMILES string of the molecule is CCCCCCCN1C=C[C@H](C)[C@H]1C. The Morgan fingerprint density at radius 1 is 1.07 bits per heavy atom.